The number of aldehydes is 2. The normalized spacial score (nSPS) is 10.7. The zero-order valence-corrected chi connectivity index (χ0v) is 16.1. The van der Waals surface area contributed by atoms with E-state index >= 15 is 0 Å². The number of benzene rings is 2. The Morgan fingerprint density at radius 3 is 1.29 bits per heavy atom. The second kappa shape index (κ2) is 9.01. The summed E-state index contributed by atoms with van der Waals surface area (Å²) in [6.07, 6.45) is 1.15. The molecule has 0 saturated heterocycles. The molecule has 2 rings (SSSR count). The lowest BCUT2D eigenvalue weighted by Gasteiger charge is -2.16. The van der Waals surface area contributed by atoms with Gasteiger partial charge in [-0.2, -0.15) is 10.5 Å². The van der Waals surface area contributed by atoms with Crippen molar-refractivity contribution in [1.82, 2.24) is 0 Å². The van der Waals surface area contributed by atoms with Crippen LogP contribution < -0.4 is 0 Å². The third-order valence-corrected chi connectivity index (χ3v) is 4.16. The van der Waals surface area contributed by atoms with Gasteiger partial charge in [0, 0.05) is 22.3 Å². The van der Waals surface area contributed by atoms with Crippen LogP contribution in [0, 0.1) is 34.3 Å². The molecule has 4 nitrogen and oxygen atoms in total. The zero-order valence-electron chi connectivity index (χ0n) is 16.1. The number of halogens is 2. The molecule has 2 aromatic rings. The molecule has 0 aromatic heterocycles. The second-order valence-electron chi connectivity index (χ2n) is 7.19. The van der Waals surface area contributed by atoms with Gasteiger partial charge in [-0.3, -0.25) is 9.59 Å². The molecule has 0 heterocycles. The highest BCUT2D eigenvalue weighted by Gasteiger charge is 2.24. The lowest BCUT2D eigenvalue weighted by atomic mass is 9.85. The van der Waals surface area contributed by atoms with Crippen LogP contribution in [-0.2, 0) is 10.8 Å². The molecule has 0 aliphatic rings. The van der Waals surface area contributed by atoms with E-state index in [0.29, 0.717) is 23.7 Å². The van der Waals surface area contributed by atoms with Gasteiger partial charge in [0.15, 0.2) is 0 Å². The Bertz CT molecular complexity index is 888. The van der Waals surface area contributed by atoms with E-state index in [0.717, 1.165) is 12.1 Å². The summed E-state index contributed by atoms with van der Waals surface area (Å²) < 4.78 is 26.8. The molecule has 0 atom stereocenters. The van der Waals surface area contributed by atoms with Gasteiger partial charge >= 0.3 is 0 Å². The van der Waals surface area contributed by atoms with Crippen molar-refractivity contribution in [3.05, 3.63) is 70.3 Å². The van der Waals surface area contributed by atoms with Crippen molar-refractivity contribution in [3.63, 3.8) is 0 Å². The summed E-state index contributed by atoms with van der Waals surface area (Å²) in [5.74, 6) is -1.03. The van der Waals surface area contributed by atoms with Crippen LogP contribution in [0.25, 0.3) is 0 Å². The first-order valence-electron chi connectivity index (χ1n) is 8.35. The molecule has 0 fully saturated rings. The van der Waals surface area contributed by atoms with Gasteiger partial charge in [-0.05, 0) is 39.8 Å². The van der Waals surface area contributed by atoms with Crippen molar-refractivity contribution in [2.75, 3.05) is 0 Å². The van der Waals surface area contributed by atoms with Crippen molar-refractivity contribution in [3.8, 4) is 12.1 Å². The maximum absolute atomic E-state index is 13.4. The van der Waals surface area contributed by atoms with Crippen molar-refractivity contribution >= 4 is 12.6 Å². The van der Waals surface area contributed by atoms with Crippen molar-refractivity contribution in [1.29, 1.82) is 10.5 Å². The van der Waals surface area contributed by atoms with Crippen molar-refractivity contribution < 1.29 is 18.4 Å². The first-order valence-corrected chi connectivity index (χ1v) is 8.35. The quantitative estimate of drug-likeness (QED) is 0.706. The number of hydrogen-bond acceptors (Lipinski definition) is 4. The molecular weight excluding hydrogens is 362 g/mol. The van der Waals surface area contributed by atoms with Gasteiger partial charge in [-0.25, -0.2) is 8.78 Å². The summed E-state index contributed by atoms with van der Waals surface area (Å²) in [6, 6.07) is 12.3. The summed E-state index contributed by atoms with van der Waals surface area (Å²) in [5.41, 5.74) is -0.562. The van der Waals surface area contributed by atoms with E-state index in [-0.39, 0.29) is 11.1 Å². The number of hydrogen-bond donors (Lipinski definition) is 0. The fourth-order valence-corrected chi connectivity index (χ4v) is 2.34. The molecule has 0 unspecified atom stereocenters. The maximum atomic E-state index is 13.4. The Balaban J connectivity index is 0.000000280. The highest BCUT2D eigenvalue weighted by Crippen LogP contribution is 2.26. The fourth-order valence-electron chi connectivity index (χ4n) is 2.34. The van der Waals surface area contributed by atoms with Gasteiger partial charge in [-0.15, -0.1) is 0 Å². The lowest BCUT2D eigenvalue weighted by molar-refractivity contribution is 0.111. The highest BCUT2D eigenvalue weighted by atomic mass is 19.1. The molecule has 144 valence electrons. The number of nitriles is 2. The standard InChI is InChI=1S/2C11H10FNO/c2*1-11(2,7-13)9-4-3-8(6-14)5-10(9)12/h2*3-6H,1-2H3. The SMILES string of the molecule is CC(C)(C#N)c1ccc(C=O)cc1F.CC(C)(C#N)c1ccc(C=O)cc1F. The molecule has 6 heteroatoms. The van der Waals surface area contributed by atoms with Gasteiger partial charge < -0.3 is 0 Å². The topological polar surface area (TPSA) is 81.7 Å². The minimum absolute atomic E-state index is 0.278. The first kappa shape index (κ1) is 22.7. The minimum atomic E-state index is -0.870. The number of carbonyl (C=O) groups excluding carboxylic acids is 2. The van der Waals surface area contributed by atoms with Crippen LogP contribution in [0.2, 0.25) is 0 Å². The predicted molar refractivity (Wildman–Crippen MR) is 101 cm³/mol. The Morgan fingerprint density at radius 2 is 1.07 bits per heavy atom. The van der Waals surface area contributed by atoms with Gasteiger partial charge in [-0.1, -0.05) is 24.3 Å². The summed E-state index contributed by atoms with van der Waals surface area (Å²) in [4.78, 5) is 20.7. The molecule has 0 aliphatic heterocycles. The third kappa shape index (κ3) is 5.31. The largest absolute Gasteiger partial charge is 0.298 e. The molecule has 28 heavy (non-hydrogen) atoms. The summed E-state index contributed by atoms with van der Waals surface area (Å²) in [6.45, 7) is 6.52. The van der Waals surface area contributed by atoms with E-state index in [1.54, 1.807) is 27.7 Å². The lowest BCUT2D eigenvalue weighted by Crippen LogP contribution is -2.16. The van der Waals surface area contributed by atoms with Crippen LogP contribution in [0.1, 0.15) is 59.5 Å². The first-order chi connectivity index (χ1) is 13.0. The van der Waals surface area contributed by atoms with Crippen LogP contribution in [0.4, 0.5) is 8.78 Å². The van der Waals surface area contributed by atoms with Gasteiger partial charge in [0.1, 0.15) is 24.2 Å². The highest BCUT2D eigenvalue weighted by molar-refractivity contribution is 5.75. The van der Waals surface area contributed by atoms with Crippen LogP contribution >= 0.6 is 0 Å². The smallest absolute Gasteiger partial charge is 0.150 e. The van der Waals surface area contributed by atoms with E-state index in [2.05, 4.69) is 0 Å². The average Bonchev–Trinajstić information content (AvgIpc) is 2.67. The Morgan fingerprint density at radius 1 is 0.750 bits per heavy atom. The molecule has 0 radical (unpaired) electrons. The van der Waals surface area contributed by atoms with E-state index in [1.165, 1.54) is 24.3 Å². The number of rotatable bonds is 4. The van der Waals surface area contributed by atoms with Gasteiger partial charge in [0.2, 0.25) is 0 Å². The predicted octanol–water partition coefficient (Wildman–Crippen LogP) is 4.88. The molecule has 0 spiro atoms. The Hall–Kier alpha value is -3.38. The van der Waals surface area contributed by atoms with Crippen LogP contribution in [0.3, 0.4) is 0 Å². The van der Waals surface area contributed by atoms with Crippen molar-refractivity contribution in [2.45, 2.75) is 38.5 Å². The van der Waals surface area contributed by atoms with Crippen molar-refractivity contribution in [2.24, 2.45) is 0 Å². The summed E-state index contributed by atoms with van der Waals surface area (Å²) in [5, 5.41) is 17.6. The molecule has 2 aromatic carbocycles. The van der Waals surface area contributed by atoms with E-state index in [9.17, 15) is 18.4 Å². The Labute approximate surface area is 163 Å². The fraction of sp³-hybridized carbons (Fsp3) is 0.273. The van der Waals surface area contributed by atoms with E-state index < -0.39 is 22.5 Å². The third-order valence-electron chi connectivity index (χ3n) is 4.16. The molecule has 0 bridgehead atoms. The second-order valence-corrected chi connectivity index (χ2v) is 7.19. The average molecular weight is 382 g/mol. The molecule has 0 N–H and O–H groups in total. The van der Waals surface area contributed by atoms with Crippen LogP contribution in [-0.4, -0.2) is 12.6 Å². The minimum Gasteiger partial charge on any atom is -0.298 e. The van der Waals surface area contributed by atoms with E-state index in [4.69, 9.17) is 10.5 Å². The maximum Gasteiger partial charge on any atom is 0.150 e. The van der Waals surface area contributed by atoms with Crippen LogP contribution in [0.5, 0.6) is 0 Å². The monoisotopic (exact) mass is 382 g/mol. The number of carbonyl (C=O) groups is 2. The summed E-state index contributed by atoms with van der Waals surface area (Å²) >= 11 is 0. The van der Waals surface area contributed by atoms with Gasteiger partial charge in [0.05, 0.1) is 23.0 Å². The summed E-state index contributed by atoms with van der Waals surface area (Å²) in [7, 11) is 0. The van der Waals surface area contributed by atoms with Crippen LogP contribution in [0.15, 0.2) is 36.4 Å². The molecule has 0 amide bonds. The zero-order chi connectivity index (χ0) is 21.5. The Kier molecular flexibility index (Phi) is 7.29. The molecular formula is C22H20F2N2O2. The number of nitrogens with zero attached hydrogens (tertiary/aromatic N) is 2. The van der Waals surface area contributed by atoms with Gasteiger partial charge in [0.25, 0.3) is 0 Å². The molecule has 0 saturated carbocycles. The van der Waals surface area contributed by atoms with E-state index in [1.807, 2.05) is 12.1 Å². The molecule has 0 aliphatic carbocycles.